The normalized spacial score (nSPS) is 24.8. The van der Waals surface area contributed by atoms with Gasteiger partial charge in [-0.15, -0.1) is 0 Å². The molecule has 2 atom stereocenters. The summed E-state index contributed by atoms with van der Waals surface area (Å²) in [6.45, 7) is 0.916. The minimum absolute atomic E-state index is 0.0944. The topological polar surface area (TPSA) is 78.9 Å². The third-order valence-electron chi connectivity index (χ3n) is 3.39. The Bertz CT molecular complexity index is 514. The van der Waals surface area contributed by atoms with E-state index in [4.69, 9.17) is 9.84 Å². The van der Waals surface area contributed by atoms with Crippen LogP contribution in [-0.2, 0) is 9.53 Å². The van der Waals surface area contributed by atoms with Crippen LogP contribution in [0.3, 0.4) is 0 Å². The van der Waals surface area contributed by atoms with Crippen molar-refractivity contribution in [1.29, 1.82) is 0 Å². The second-order valence-corrected chi connectivity index (χ2v) is 4.72. The smallest absolute Gasteiger partial charge is 0.251 e. The Balaban J connectivity index is 1.51. The number of phenolic OH excluding ortho intramolecular Hbond substituents is 1. The van der Waals surface area contributed by atoms with Gasteiger partial charge in [0.15, 0.2) is 0 Å². The van der Waals surface area contributed by atoms with E-state index in [0.717, 1.165) is 0 Å². The van der Waals surface area contributed by atoms with Crippen LogP contribution >= 0.6 is 0 Å². The maximum atomic E-state index is 11.8. The van der Waals surface area contributed by atoms with Crippen molar-refractivity contribution in [2.75, 3.05) is 13.1 Å². The highest BCUT2D eigenvalue weighted by atomic mass is 16.5. The van der Waals surface area contributed by atoms with Gasteiger partial charge in [-0.25, -0.2) is 0 Å². The first-order chi connectivity index (χ1) is 9.13. The zero-order valence-corrected chi connectivity index (χ0v) is 10.2. The molecular weight excluding hydrogens is 248 g/mol. The molecule has 6 nitrogen and oxygen atoms in total. The molecule has 2 aliphatic rings. The first-order valence-electron chi connectivity index (χ1n) is 6.15. The Morgan fingerprint density at radius 2 is 2.16 bits per heavy atom. The summed E-state index contributed by atoms with van der Waals surface area (Å²) in [5.74, 6) is 0.0140. The van der Waals surface area contributed by atoms with E-state index in [0.29, 0.717) is 25.1 Å². The molecule has 2 N–H and O–H groups in total. The lowest BCUT2D eigenvalue weighted by atomic mass is 10.2. The summed E-state index contributed by atoms with van der Waals surface area (Å²) >= 11 is 0. The van der Waals surface area contributed by atoms with E-state index in [2.05, 4.69) is 5.32 Å². The van der Waals surface area contributed by atoms with Crippen LogP contribution in [0.4, 0.5) is 0 Å². The Morgan fingerprint density at radius 3 is 2.79 bits per heavy atom. The average molecular weight is 262 g/mol. The lowest BCUT2D eigenvalue weighted by Crippen LogP contribution is -2.48. The average Bonchev–Trinajstić information content (AvgIpc) is 2.73. The first kappa shape index (κ1) is 12.0. The quantitative estimate of drug-likeness (QED) is 0.756. The van der Waals surface area contributed by atoms with Gasteiger partial charge in [-0.1, -0.05) is 0 Å². The number of hydrogen-bond acceptors (Lipinski definition) is 4. The lowest BCUT2D eigenvalue weighted by molar-refractivity contribution is -0.156. The molecule has 2 unspecified atom stereocenters. The van der Waals surface area contributed by atoms with Gasteiger partial charge < -0.3 is 20.1 Å². The second kappa shape index (κ2) is 4.55. The van der Waals surface area contributed by atoms with Crippen molar-refractivity contribution in [2.24, 2.45) is 0 Å². The molecule has 0 bridgehead atoms. The minimum atomic E-state index is -0.218. The van der Waals surface area contributed by atoms with E-state index in [1.165, 1.54) is 12.1 Å². The van der Waals surface area contributed by atoms with Crippen LogP contribution in [0.25, 0.3) is 0 Å². The molecule has 2 fully saturated rings. The number of carbonyl (C=O) groups is 2. The number of phenols is 1. The molecular formula is C13H14N2O4. The van der Waals surface area contributed by atoms with Crippen LogP contribution in [-0.4, -0.2) is 47.2 Å². The molecule has 19 heavy (non-hydrogen) atoms. The number of fused-ring (bicyclic) bond motifs is 1. The number of hydrogen-bond donors (Lipinski definition) is 2. The Morgan fingerprint density at radius 1 is 1.42 bits per heavy atom. The monoisotopic (exact) mass is 262 g/mol. The summed E-state index contributed by atoms with van der Waals surface area (Å²) in [7, 11) is 0. The van der Waals surface area contributed by atoms with Gasteiger partial charge in [-0.3, -0.25) is 9.59 Å². The number of rotatable bonds is 3. The van der Waals surface area contributed by atoms with Crippen molar-refractivity contribution in [2.45, 2.75) is 18.8 Å². The fourth-order valence-electron chi connectivity index (χ4n) is 2.28. The van der Waals surface area contributed by atoms with Gasteiger partial charge >= 0.3 is 0 Å². The maximum absolute atomic E-state index is 11.8. The molecule has 3 rings (SSSR count). The molecule has 1 aromatic rings. The Kier molecular flexibility index (Phi) is 2.87. The summed E-state index contributed by atoms with van der Waals surface area (Å²) in [4.78, 5) is 24.7. The highest BCUT2D eigenvalue weighted by molar-refractivity contribution is 5.94. The largest absolute Gasteiger partial charge is 0.508 e. The summed E-state index contributed by atoms with van der Waals surface area (Å²) in [5.41, 5.74) is 0.482. The highest BCUT2D eigenvalue weighted by Gasteiger charge is 2.45. The third kappa shape index (κ3) is 2.26. The molecule has 0 saturated carbocycles. The van der Waals surface area contributed by atoms with Gasteiger partial charge in [0, 0.05) is 12.1 Å². The number of β-lactam (4-membered cyclic amide) rings is 1. The van der Waals surface area contributed by atoms with Crippen LogP contribution in [0.1, 0.15) is 16.8 Å². The van der Waals surface area contributed by atoms with E-state index in [-0.39, 0.29) is 29.9 Å². The molecule has 6 heteroatoms. The number of nitrogens with one attached hydrogen (secondary N) is 1. The van der Waals surface area contributed by atoms with E-state index in [1.807, 2.05) is 0 Å². The van der Waals surface area contributed by atoms with Crippen LogP contribution in [0.5, 0.6) is 5.75 Å². The number of ether oxygens (including phenoxy) is 1. The molecule has 0 spiro atoms. The molecule has 2 heterocycles. The van der Waals surface area contributed by atoms with E-state index >= 15 is 0 Å². The first-order valence-corrected chi connectivity index (χ1v) is 6.15. The fraction of sp³-hybridized carbons (Fsp3) is 0.385. The zero-order valence-electron chi connectivity index (χ0n) is 10.2. The molecule has 0 radical (unpaired) electrons. The molecule has 2 amide bonds. The molecule has 2 aliphatic heterocycles. The minimum Gasteiger partial charge on any atom is -0.508 e. The van der Waals surface area contributed by atoms with Crippen molar-refractivity contribution in [3.63, 3.8) is 0 Å². The van der Waals surface area contributed by atoms with E-state index in [9.17, 15) is 9.59 Å². The van der Waals surface area contributed by atoms with Crippen LogP contribution in [0, 0.1) is 0 Å². The Hall–Kier alpha value is -2.08. The third-order valence-corrected chi connectivity index (χ3v) is 3.39. The van der Waals surface area contributed by atoms with Crippen molar-refractivity contribution >= 4 is 11.8 Å². The lowest BCUT2D eigenvalue weighted by Gasteiger charge is -2.31. The molecule has 0 aliphatic carbocycles. The second-order valence-electron chi connectivity index (χ2n) is 4.72. The van der Waals surface area contributed by atoms with E-state index < -0.39 is 0 Å². The zero-order chi connectivity index (χ0) is 13.4. The van der Waals surface area contributed by atoms with Crippen molar-refractivity contribution < 1.29 is 19.4 Å². The van der Waals surface area contributed by atoms with Gasteiger partial charge in [0.05, 0.1) is 19.1 Å². The highest BCUT2D eigenvalue weighted by Crippen LogP contribution is 2.28. The predicted molar refractivity (Wildman–Crippen MR) is 65.4 cm³/mol. The van der Waals surface area contributed by atoms with Gasteiger partial charge in [0.2, 0.25) is 5.91 Å². The number of amides is 2. The standard InChI is InChI=1S/C13H14N2O4/c16-9-3-1-8(2-4-9)13(18)14-6-10-7-15-11(17)5-12(15)19-10/h1-4,10,12,16H,5-7H2,(H,14,18). The number of benzene rings is 1. The van der Waals surface area contributed by atoms with Gasteiger partial charge in [-0.2, -0.15) is 0 Å². The van der Waals surface area contributed by atoms with Crippen LogP contribution in [0.15, 0.2) is 24.3 Å². The number of nitrogens with zero attached hydrogens (tertiary/aromatic N) is 1. The van der Waals surface area contributed by atoms with E-state index in [1.54, 1.807) is 17.0 Å². The SMILES string of the molecule is O=C(NCC1CN2C(=O)CC2O1)c1ccc(O)cc1. The van der Waals surface area contributed by atoms with Crippen molar-refractivity contribution in [3.8, 4) is 5.75 Å². The van der Waals surface area contributed by atoms with Crippen LogP contribution in [0.2, 0.25) is 0 Å². The molecule has 1 aromatic carbocycles. The molecule has 100 valence electrons. The fourth-order valence-corrected chi connectivity index (χ4v) is 2.28. The van der Waals surface area contributed by atoms with Crippen molar-refractivity contribution in [3.05, 3.63) is 29.8 Å². The summed E-state index contributed by atoms with van der Waals surface area (Å²) in [6, 6.07) is 6.03. The summed E-state index contributed by atoms with van der Waals surface area (Å²) < 4.78 is 5.59. The number of aromatic hydroxyl groups is 1. The maximum Gasteiger partial charge on any atom is 0.251 e. The summed E-state index contributed by atoms with van der Waals surface area (Å²) in [6.07, 6.45) is 0.211. The number of carbonyl (C=O) groups excluding carboxylic acids is 2. The van der Waals surface area contributed by atoms with Crippen LogP contribution < -0.4 is 5.32 Å². The Labute approximate surface area is 110 Å². The molecule has 2 saturated heterocycles. The van der Waals surface area contributed by atoms with Gasteiger partial charge in [0.1, 0.15) is 12.0 Å². The van der Waals surface area contributed by atoms with Gasteiger partial charge in [-0.05, 0) is 24.3 Å². The van der Waals surface area contributed by atoms with Crippen molar-refractivity contribution in [1.82, 2.24) is 10.2 Å². The summed E-state index contributed by atoms with van der Waals surface area (Å²) in [5, 5.41) is 11.9. The van der Waals surface area contributed by atoms with Gasteiger partial charge in [0.25, 0.3) is 5.91 Å². The molecule has 0 aromatic heterocycles. The predicted octanol–water partition coefficient (Wildman–Crippen LogP) is 0.0792.